The zero-order chi connectivity index (χ0) is 14.3. The Labute approximate surface area is 119 Å². The van der Waals surface area contributed by atoms with Crippen molar-refractivity contribution in [1.82, 2.24) is 0 Å². The van der Waals surface area contributed by atoms with Gasteiger partial charge in [-0.05, 0) is 50.4 Å². The summed E-state index contributed by atoms with van der Waals surface area (Å²) in [6, 6.07) is 0. The van der Waals surface area contributed by atoms with Crippen molar-refractivity contribution in [2.24, 2.45) is 16.7 Å². The van der Waals surface area contributed by atoms with E-state index >= 15 is 0 Å². The molecule has 3 aliphatic rings. The Kier molecular flexibility index (Phi) is 4.18. The SMILES string of the molecule is CCO[Si](OCC)(OCC)C1CC2CC1(C)C2(C)C. The van der Waals surface area contributed by atoms with E-state index in [9.17, 15) is 0 Å². The molecule has 4 heteroatoms. The average molecular weight is 286 g/mol. The van der Waals surface area contributed by atoms with Gasteiger partial charge in [0, 0.05) is 25.4 Å². The van der Waals surface area contributed by atoms with Crippen molar-refractivity contribution in [3.63, 3.8) is 0 Å². The van der Waals surface area contributed by atoms with Gasteiger partial charge >= 0.3 is 8.80 Å². The van der Waals surface area contributed by atoms with Crippen LogP contribution in [0.3, 0.4) is 0 Å². The quantitative estimate of drug-likeness (QED) is 0.665. The van der Waals surface area contributed by atoms with Crippen LogP contribution in [-0.4, -0.2) is 28.6 Å². The number of hydrogen-bond acceptors (Lipinski definition) is 3. The molecule has 0 aromatic carbocycles. The van der Waals surface area contributed by atoms with Crippen LogP contribution in [0, 0.1) is 16.7 Å². The van der Waals surface area contributed by atoms with Crippen molar-refractivity contribution < 1.29 is 13.3 Å². The molecule has 0 aliphatic heterocycles. The van der Waals surface area contributed by atoms with E-state index in [0.717, 1.165) is 5.92 Å². The van der Waals surface area contributed by atoms with Gasteiger partial charge in [-0.3, -0.25) is 0 Å². The average Bonchev–Trinajstić information content (AvgIpc) is 2.80. The maximum Gasteiger partial charge on any atom is 0.504 e. The smallest absolute Gasteiger partial charge is 0.374 e. The first-order valence-electron chi connectivity index (χ1n) is 7.79. The first-order chi connectivity index (χ1) is 8.88. The van der Waals surface area contributed by atoms with Gasteiger partial charge in [-0.25, -0.2) is 0 Å². The molecule has 0 radical (unpaired) electrons. The molecule has 0 heterocycles. The highest BCUT2D eigenvalue weighted by Crippen LogP contribution is 2.77. The van der Waals surface area contributed by atoms with E-state index in [1.807, 2.05) is 20.8 Å². The van der Waals surface area contributed by atoms with Crippen LogP contribution in [0.25, 0.3) is 0 Å². The van der Waals surface area contributed by atoms with E-state index in [0.29, 0.717) is 36.2 Å². The van der Waals surface area contributed by atoms with Crippen LogP contribution < -0.4 is 0 Å². The van der Waals surface area contributed by atoms with Crippen molar-refractivity contribution in [2.45, 2.75) is 59.9 Å². The summed E-state index contributed by atoms with van der Waals surface area (Å²) in [5, 5.41) is 0. The van der Waals surface area contributed by atoms with Crippen LogP contribution >= 0.6 is 0 Å². The van der Waals surface area contributed by atoms with Crippen LogP contribution in [-0.2, 0) is 13.3 Å². The third kappa shape index (κ3) is 2.03. The first-order valence-corrected chi connectivity index (χ1v) is 9.60. The minimum Gasteiger partial charge on any atom is -0.374 e. The maximum absolute atomic E-state index is 6.14. The second-order valence-electron chi connectivity index (χ2n) is 6.73. The van der Waals surface area contributed by atoms with E-state index in [1.165, 1.54) is 12.8 Å². The molecule has 112 valence electrons. The molecule has 3 nitrogen and oxygen atoms in total. The minimum atomic E-state index is -2.55. The maximum atomic E-state index is 6.14. The molecule has 3 saturated carbocycles. The predicted molar refractivity (Wildman–Crippen MR) is 79.0 cm³/mol. The number of hydrogen-bond donors (Lipinski definition) is 0. The van der Waals surface area contributed by atoms with E-state index in [-0.39, 0.29) is 0 Å². The Morgan fingerprint density at radius 1 is 0.947 bits per heavy atom. The molecule has 0 N–H and O–H groups in total. The zero-order valence-electron chi connectivity index (χ0n) is 13.4. The lowest BCUT2D eigenvalue weighted by atomic mass is 9.52. The van der Waals surface area contributed by atoms with Gasteiger partial charge in [0.1, 0.15) is 0 Å². The minimum absolute atomic E-state index is 0.323. The van der Waals surface area contributed by atoms with Crippen LogP contribution in [0.1, 0.15) is 54.4 Å². The summed E-state index contributed by atoms with van der Waals surface area (Å²) in [4.78, 5) is 0. The normalized spacial score (nSPS) is 36.3. The van der Waals surface area contributed by atoms with Crippen molar-refractivity contribution in [3.8, 4) is 0 Å². The third-order valence-corrected chi connectivity index (χ3v) is 9.72. The Bertz CT molecular complexity index is 314. The molecule has 0 amide bonds. The lowest BCUT2D eigenvalue weighted by molar-refractivity contribution is -0.0534. The van der Waals surface area contributed by atoms with Crippen LogP contribution in [0.15, 0.2) is 0 Å². The molecule has 3 aliphatic carbocycles. The van der Waals surface area contributed by atoms with Gasteiger partial charge in [0.25, 0.3) is 0 Å². The largest absolute Gasteiger partial charge is 0.504 e. The molecule has 2 bridgehead atoms. The van der Waals surface area contributed by atoms with E-state index in [1.54, 1.807) is 0 Å². The number of fused-ring (bicyclic) bond motifs is 1. The van der Waals surface area contributed by atoms with Gasteiger partial charge in [-0.1, -0.05) is 20.8 Å². The Morgan fingerprint density at radius 2 is 1.42 bits per heavy atom. The van der Waals surface area contributed by atoms with Gasteiger partial charge < -0.3 is 13.3 Å². The molecule has 0 aromatic heterocycles. The Balaban J connectivity index is 2.29. The van der Waals surface area contributed by atoms with Crippen LogP contribution in [0.4, 0.5) is 0 Å². The second-order valence-corrected chi connectivity index (χ2v) is 9.50. The molecule has 0 saturated heterocycles. The van der Waals surface area contributed by atoms with Crippen molar-refractivity contribution in [1.29, 1.82) is 0 Å². The first kappa shape index (κ1) is 15.5. The van der Waals surface area contributed by atoms with Gasteiger partial charge in [0.15, 0.2) is 0 Å². The lowest BCUT2D eigenvalue weighted by Gasteiger charge is -2.56. The monoisotopic (exact) mass is 286 g/mol. The third-order valence-electron chi connectivity index (χ3n) is 5.92. The van der Waals surface area contributed by atoms with Gasteiger partial charge in [-0.2, -0.15) is 0 Å². The van der Waals surface area contributed by atoms with Gasteiger partial charge in [0.2, 0.25) is 0 Å². The lowest BCUT2D eigenvalue weighted by Crippen LogP contribution is -2.57. The fourth-order valence-corrected chi connectivity index (χ4v) is 8.35. The van der Waals surface area contributed by atoms with E-state index in [2.05, 4.69) is 20.8 Å². The molecule has 3 rings (SSSR count). The molecule has 3 atom stereocenters. The zero-order valence-corrected chi connectivity index (χ0v) is 14.4. The van der Waals surface area contributed by atoms with E-state index in [4.69, 9.17) is 13.3 Å². The summed E-state index contributed by atoms with van der Waals surface area (Å²) in [6.45, 7) is 15.4. The van der Waals surface area contributed by atoms with Crippen LogP contribution in [0.2, 0.25) is 5.54 Å². The number of rotatable bonds is 7. The van der Waals surface area contributed by atoms with E-state index < -0.39 is 8.80 Å². The summed E-state index contributed by atoms with van der Waals surface area (Å²) >= 11 is 0. The predicted octanol–water partition coefficient (Wildman–Crippen LogP) is 3.86. The highest BCUT2D eigenvalue weighted by Gasteiger charge is 2.74. The highest BCUT2D eigenvalue weighted by atomic mass is 28.4. The van der Waals surface area contributed by atoms with Gasteiger partial charge in [0.05, 0.1) is 0 Å². The fraction of sp³-hybridized carbons (Fsp3) is 1.00. The summed E-state index contributed by atoms with van der Waals surface area (Å²) in [5.41, 5.74) is 1.20. The topological polar surface area (TPSA) is 27.7 Å². The summed E-state index contributed by atoms with van der Waals surface area (Å²) < 4.78 is 18.4. The molecular formula is C15H30O3Si. The van der Waals surface area contributed by atoms with Gasteiger partial charge in [-0.15, -0.1) is 0 Å². The molecule has 0 spiro atoms. The summed E-state index contributed by atoms with van der Waals surface area (Å²) in [7, 11) is -2.55. The second kappa shape index (κ2) is 5.13. The van der Waals surface area contributed by atoms with Crippen molar-refractivity contribution in [3.05, 3.63) is 0 Å². The standard InChI is InChI=1S/C15H30O3Si/c1-7-16-19(17-8-2,18-9-3)13-10-12-11-15(13,6)14(12,4)5/h12-13H,7-11H2,1-6H3. The molecule has 3 fully saturated rings. The summed E-state index contributed by atoms with van der Waals surface area (Å²) in [6.07, 6.45) is 2.53. The fourth-order valence-electron chi connectivity index (χ4n) is 4.44. The Morgan fingerprint density at radius 3 is 1.68 bits per heavy atom. The van der Waals surface area contributed by atoms with Crippen molar-refractivity contribution >= 4 is 8.80 Å². The van der Waals surface area contributed by atoms with Crippen molar-refractivity contribution in [2.75, 3.05) is 19.8 Å². The van der Waals surface area contributed by atoms with Crippen LogP contribution in [0.5, 0.6) is 0 Å². The highest BCUT2D eigenvalue weighted by molar-refractivity contribution is 6.62. The molecule has 3 unspecified atom stereocenters. The molecule has 19 heavy (non-hydrogen) atoms. The summed E-state index contributed by atoms with van der Waals surface area (Å²) in [5.74, 6) is 0.816. The molecule has 0 aromatic rings. The Hall–Kier alpha value is 0.0969. The molecular weight excluding hydrogens is 256 g/mol.